The molecule has 168 valence electrons. The molecule has 5 nitrogen and oxygen atoms in total. The maximum atomic E-state index is 6.17. The van der Waals surface area contributed by atoms with Gasteiger partial charge in [-0.3, -0.25) is 4.98 Å². The fourth-order valence-electron chi connectivity index (χ4n) is 5.01. The van der Waals surface area contributed by atoms with Gasteiger partial charge in [0.05, 0.1) is 19.2 Å². The lowest BCUT2D eigenvalue weighted by molar-refractivity contribution is 0.254. The highest BCUT2D eigenvalue weighted by molar-refractivity contribution is 5.96. The number of aromatic nitrogens is 1. The van der Waals surface area contributed by atoms with Gasteiger partial charge in [-0.25, -0.2) is 0 Å². The number of nitrogens with zero attached hydrogens (tertiary/aromatic N) is 2. The summed E-state index contributed by atoms with van der Waals surface area (Å²) in [5, 5.41) is 4.83. The lowest BCUT2D eigenvalue weighted by atomic mass is 10.1. The second-order valence-corrected chi connectivity index (χ2v) is 8.88. The van der Waals surface area contributed by atoms with Crippen LogP contribution in [-0.4, -0.2) is 43.2 Å². The van der Waals surface area contributed by atoms with E-state index in [9.17, 15) is 0 Å². The number of ether oxygens (including phenoxy) is 2. The molecule has 5 heteroatoms. The third-order valence-electron chi connectivity index (χ3n) is 6.68. The summed E-state index contributed by atoms with van der Waals surface area (Å²) in [6, 6.07) is 14.7. The summed E-state index contributed by atoms with van der Waals surface area (Å²) in [6.45, 7) is 5.06. The Hall–Kier alpha value is -2.79. The van der Waals surface area contributed by atoms with Crippen molar-refractivity contribution in [3.63, 3.8) is 0 Å². The molecule has 0 bridgehead atoms. The second kappa shape index (κ2) is 9.78. The Balaban J connectivity index is 1.39. The van der Waals surface area contributed by atoms with Gasteiger partial charge in [0.2, 0.25) is 0 Å². The number of hydrogen-bond donors (Lipinski definition) is 1. The van der Waals surface area contributed by atoms with E-state index in [-0.39, 0.29) is 0 Å². The van der Waals surface area contributed by atoms with Gasteiger partial charge in [0.1, 0.15) is 0 Å². The van der Waals surface area contributed by atoms with Gasteiger partial charge < -0.3 is 19.7 Å². The number of benzene rings is 2. The predicted molar refractivity (Wildman–Crippen MR) is 130 cm³/mol. The number of aryl methyl sites for hydroxylation is 1. The SMILES string of the molecule is COc1cc2c(NCc3ccccc3)c3c(nc2cc1OCCCN1CCCC1)CCC3. The van der Waals surface area contributed by atoms with E-state index in [2.05, 4.69) is 52.7 Å². The second-order valence-electron chi connectivity index (χ2n) is 8.88. The molecular weight excluding hydrogens is 398 g/mol. The van der Waals surface area contributed by atoms with Crippen molar-refractivity contribution in [1.82, 2.24) is 9.88 Å². The summed E-state index contributed by atoms with van der Waals surface area (Å²) >= 11 is 0. The van der Waals surface area contributed by atoms with Gasteiger partial charge in [0.15, 0.2) is 11.5 Å². The Kier molecular flexibility index (Phi) is 6.44. The molecule has 5 rings (SSSR count). The Morgan fingerprint density at radius 3 is 2.66 bits per heavy atom. The first-order valence-corrected chi connectivity index (χ1v) is 12.0. The summed E-state index contributed by atoms with van der Waals surface area (Å²) in [4.78, 5) is 7.54. The molecule has 2 aromatic carbocycles. The van der Waals surface area contributed by atoms with E-state index in [1.165, 1.54) is 48.4 Å². The lowest BCUT2D eigenvalue weighted by Crippen LogP contribution is -2.21. The first kappa shape index (κ1) is 21.1. The molecule has 1 aliphatic carbocycles. The first-order chi connectivity index (χ1) is 15.8. The van der Waals surface area contributed by atoms with Crippen LogP contribution in [0.1, 0.15) is 42.5 Å². The van der Waals surface area contributed by atoms with Crippen molar-refractivity contribution < 1.29 is 9.47 Å². The molecule has 2 aliphatic rings. The van der Waals surface area contributed by atoms with Crippen LogP contribution in [0.15, 0.2) is 42.5 Å². The van der Waals surface area contributed by atoms with E-state index in [0.29, 0.717) is 6.61 Å². The molecule has 0 unspecified atom stereocenters. The third-order valence-corrected chi connectivity index (χ3v) is 6.68. The van der Waals surface area contributed by atoms with Crippen molar-refractivity contribution >= 4 is 16.6 Å². The minimum absolute atomic E-state index is 0.697. The Morgan fingerprint density at radius 2 is 1.84 bits per heavy atom. The minimum Gasteiger partial charge on any atom is -0.493 e. The highest BCUT2D eigenvalue weighted by Gasteiger charge is 2.21. The van der Waals surface area contributed by atoms with Gasteiger partial charge in [0.25, 0.3) is 0 Å². The van der Waals surface area contributed by atoms with Crippen molar-refractivity contribution in [3.8, 4) is 11.5 Å². The van der Waals surface area contributed by atoms with Crippen LogP contribution >= 0.6 is 0 Å². The van der Waals surface area contributed by atoms with Crippen LogP contribution in [0.4, 0.5) is 5.69 Å². The monoisotopic (exact) mass is 431 g/mol. The van der Waals surface area contributed by atoms with E-state index in [1.54, 1.807) is 7.11 Å². The lowest BCUT2D eigenvalue weighted by Gasteiger charge is -2.18. The molecule has 0 spiro atoms. The van der Waals surface area contributed by atoms with Crippen molar-refractivity contribution in [2.24, 2.45) is 0 Å². The van der Waals surface area contributed by atoms with Gasteiger partial charge in [0, 0.05) is 35.9 Å². The molecule has 32 heavy (non-hydrogen) atoms. The topological polar surface area (TPSA) is 46.6 Å². The van der Waals surface area contributed by atoms with E-state index in [4.69, 9.17) is 14.5 Å². The van der Waals surface area contributed by atoms with Gasteiger partial charge in [-0.05, 0) is 68.8 Å². The number of rotatable bonds is 9. The number of anilines is 1. The summed E-state index contributed by atoms with van der Waals surface area (Å²) in [5.74, 6) is 1.57. The number of hydrogen-bond acceptors (Lipinski definition) is 5. The van der Waals surface area contributed by atoms with E-state index < -0.39 is 0 Å². The van der Waals surface area contributed by atoms with Gasteiger partial charge in [-0.15, -0.1) is 0 Å². The zero-order chi connectivity index (χ0) is 21.8. The van der Waals surface area contributed by atoms with Crippen LogP contribution in [0, 0.1) is 0 Å². The summed E-state index contributed by atoms with van der Waals surface area (Å²) in [5.41, 5.74) is 6.03. The average molecular weight is 432 g/mol. The van der Waals surface area contributed by atoms with Crippen molar-refractivity contribution in [1.29, 1.82) is 0 Å². The fraction of sp³-hybridized carbons (Fsp3) is 0.444. The third kappa shape index (κ3) is 4.53. The number of methoxy groups -OCH3 is 1. The van der Waals surface area contributed by atoms with Crippen LogP contribution in [0.2, 0.25) is 0 Å². The standard InChI is InChI=1S/C27H33N3O2/c1-31-25-17-22-24(18-26(25)32-16-8-15-30-13-5-6-14-30)29-23-12-7-11-21(23)27(22)28-19-20-9-3-2-4-10-20/h2-4,9-10,17-18H,5-8,11-16,19H2,1H3,(H,28,29). The quantitative estimate of drug-likeness (QED) is 0.471. The number of nitrogens with one attached hydrogen (secondary N) is 1. The van der Waals surface area contributed by atoms with Crippen LogP contribution in [0.5, 0.6) is 11.5 Å². The van der Waals surface area contributed by atoms with Gasteiger partial charge in [-0.2, -0.15) is 0 Å². The summed E-state index contributed by atoms with van der Waals surface area (Å²) in [7, 11) is 1.72. The van der Waals surface area contributed by atoms with Crippen LogP contribution < -0.4 is 14.8 Å². The molecule has 3 aromatic rings. The fourth-order valence-corrected chi connectivity index (χ4v) is 5.01. The predicted octanol–water partition coefficient (Wildman–Crippen LogP) is 5.21. The van der Waals surface area contributed by atoms with E-state index in [1.807, 2.05) is 0 Å². The van der Waals surface area contributed by atoms with Gasteiger partial charge in [-0.1, -0.05) is 30.3 Å². The molecule has 0 amide bonds. The number of pyridine rings is 1. The molecule has 1 aliphatic heterocycles. The Labute approximate surface area is 190 Å². The molecule has 1 N–H and O–H groups in total. The summed E-state index contributed by atoms with van der Waals surface area (Å²) in [6.07, 6.45) is 6.97. The summed E-state index contributed by atoms with van der Waals surface area (Å²) < 4.78 is 11.9. The molecule has 1 fully saturated rings. The highest BCUT2D eigenvalue weighted by atomic mass is 16.5. The van der Waals surface area contributed by atoms with Gasteiger partial charge >= 0.3 is 0 Å². The zero-order valence-corrected chi connectivity index (χ0v) is 19.0. The molecular formula is C27H33N3O2. The highest BCUT2D eigenvalue weighted by Crippen LogP contribution is 2.39. The van der Waals surface area contributed by atoms with E-state index >= 15 is 0 Å². The first-order valence-electron chi connectivity index (χ1n) is 12.0. The maximum Gasteiger partial charge on any atom is 0.163 e. The largest absolute Gasteiger partial charge is 0.493 e. The minimum atomic E-state index is 0.697. The maximum absolute atomic E-state index is 6.17. The molecule has 0 saturated carbocycles. The molecule has 2 heterocycles. The van der Waals surface area contributed by atoms with E-state index in [0.717, 1.165) is 61.2 Å². The Morgan fingerprint density at radius 1 is 1.00 bits per heavy atom. The smallest absolute Gasteiger partial charge is 0.163 e. The van der Waals surface area contributed by atoms with Crippen molar-refractivity contribution in [2.75, 3.05) is 38.7 Å². The van der Waals surface area contributed by atoms with Crippen molar-refractivity contribution in [3.05, 3.63) is 59.3 Å². The molecule has 0 atom stereocenters. The Bertz CT molecular complexity index is 1060. The number of fused-ring (bicyclic) bond motifs is 2. The molecule has 0 radical (unpaired) electrons. The van der Waals surface area contributed by atoms with Crippen LogP contribution in [0.3, 0.4) is 0 Å². The van der Waals surface area contributed by atoms with Crippen molar-refractivity contribution in [2.45, 2.75) is 45.1 Å². The van der Waals surface area contributed by atoms with Crippen LogP contribution in [-0.2, 0) is 19.4 Å². The number of likely N-dealkylation sites (tertiary alicyclic amines) is 1. The molecule has 1 saturated heterocycles. The molecule has 1 aromatic heterocycles. The van der Waals surface area contributed by atoms with Crippen LogP contribution in [0.25, 0.3) is 10.9 Å². The normalized spacial score (nSPS) is 15.8. The zero-order valence-electron chi connectivity index (χ0n) is 19.0. The average Bonchev–Trinajstić information content (AvgIpc) is 3.51.